The van der Waals surface area contributed by atoms with Crippen LogP contribution in [0.15, 0.2) is 35.3 Å². The lowest BCUT2D eigenvalue weighted by atomic mass is 10.2. The predicted octanol–water partition coefficient (Wildman–Crippen LogP) is 2.17. The van der Waals surface area contributed by atoms with Crippen LogP contribution in [0.3, 0.4) is 0 Å². The Morgan fingerprint density at radius 2 is 2.21 bits per heavy atom. The van der Waals surface area contributed by atoms with Crippen LogP contribution in [0, 0.1) is 4.64 Å². The molecule has 1 aromatic carbocycles. The van der Waals surface area contributed by atoms with E-state index in [4.69, 9.17) is 12.2 Å². The standard InChI is InChI=1S/C12H10N6S/c1-18-16-12(15-17-18)13-7-9-6-8-4-2-3-5-10(8)14-11(9)19/h2-7H,1H3,(H,14,19). The van der Waals surface area contributed by atoms with Crippen LogP contribution >= 0.6 is 12.2 Å². The largest absolute Gasteiger partial charge is 0.346 e. The molecule has 0 bridgehead atoms. The van der Waals surface area contributed by atoms with Crippen molar-refractivity contribution in [3.63, 3.8) is 0 Å². The fourth-order valence-corrected chi connectivity index (χ4v) is 1.93. The average molecular weight is 270 g/mol. The summed E-state index contributed by atoms with van der Waals surface area (Å²) in [5.74, 6) is 0.310. The van der Waals surface area contributed by atoms with Crippen molar-refractivity contribution in [3.05, 3.63) is 40.5 Å². The van der Waals surface area contributed by atoms with Crippen molar-refractivity contribution in [2.45, 2.75) is 0 Å². The molecule has 6 nitrogen and oxygen atoms in total. The van der Waals surface area contributed by atoms with Gasteiger partial charge in [0.2, 0.25) is 0 Å². The molecule has 0 fully saturated rings. The number of para-hydroxylation sites is 1. The number of nitrogens with zero attached hydrogens (tertiary/aromatic N) is 5. The summed E-state index contributed by atoms with van der Waals surface area (Å²) < 4.78 is 0.631. The number of fused-ring (bicyclic) bond motifs is 1. The van der Waals surface area contributed by atoms with E-state index in [0.29, 0.717) is 10.6 Å². The van der Waals surface area contributed by atoms with Crippen LogP contribution in [0.1, 0.15) is 5.56 Å². The lowest BCUT2D eigenvalue weighted by Crippen LogP contribution is -1.91. The summed E-state index contributed by atoms with van der Waals surface area (Å²) in [5, 5.41) is 12.5. The van der Waals surface area contributed by atoms with Gasteiger partial charge in [0, 0.05) is 17.3 Å². The molecule has 0 aliphatic rings. The maximum Gasteiger partial charge on any atom is 0.289 e. The maximum atomic E-state index is 5.29. The van der Waals surface area contributed by atoms with Crippen LogP contribution in [0.2, 0.25) is 0 Å². The van der Waals surface area contributed by atoms with Gasteiger partial charge < -0.3 is 4.98 Å². The minimum absolute atomic E-state index is 0.310. The maximum absolute atomic E-state index is 5.29. The Hall–Kier alpha value is -2.41. The second-order valence-electron chi connectivity index (χ2n) is 3.98. The molecule has 0 unspecified atom stereocenters. The number of rotatable bonds is 2. The molecule has 0 spiro atoms. The lowest BCUT2D eigenvalue weighted by molar-refractivity contribution is 0.630. The van der Waals surface area contributed by atoms with E-state index in [9.17, 15) is 0 Å². The van der Waals surface area contributed by atoms with Crippen molar-refractivity contribution < 1.29 is 0 Å². The molecule has 2 aromatic heterocycles. The van der Waals surface area contributed by atoms with Gasteiger partial charge in [-0.3, -0.25) is 0 Å². The van der Waals surface area contributed by atoms with Gasteiger partial charge in [-0.15, -0.1) is 5.10 Å². The first kappa shape index (κ1) is 11.7. The zero-order chi connectivity index (χ0) is 13.2. The van der Waals surface area contributed by atoms with Crippen LogP contribution in [-0.2, 0) is 7.05 Å². The molecule has 1 N–H and O–H groups in total. The Morgan fingerprint density at radius 1 is 1.37 bits per heavy atom. The quantitative estimate of drug-likeness (QED) is 0.572. The lowest BCUT2D eigenvalue weighted by Gasteiger charge is -1.99. The summed E-state index contributed by atoms with van der Waals surface area (Å²) in [6.07, 6.45) is 1.64. The van der Waals surface area contributed by atoms with Crippen LogP contribution in [0.4, 0.5) is 5.95 Å². The van der Waals surface area contributed by atoms with Crippen molar-refractivity contribution in [1.82, 2.24) is 25.2 Å². The van der Waals surface area contributed by atoms with E-state index in [1.54, 1.807) is 13.3 Å². The SMILES string of the molecule is Cn1nnc(N=Cc2cc3ccccc3[nH]c2=S)n1. The molecule has 0 saturated carbocycles. The molecule has 3 aromatic rings. The molecule has 7 heteroatoms. The monoisotopic (exact) mass is 270 g/mol. The third kappa shape index (κ3) is 2.41. The molecule has 0 radical (unpaired) electrons. The minimum Gasteiger partial charge on any atom is -0.346 e. The third-order valence-electron chi connectivity index (χ3n) is 2.60. The van der Waals surface area contributed by atoms with Gasteiger partial charge in [0.05, 0.1) is 7.05 Å². The number of hydrogen-bond acceptors (Lipinski definition) is 5. The minimum atomic E-state index is 0.310. The van der Waals surface area contributed by atoms with Crippen LogP contribution in [0.5, 0.6) is 0 Å². The second kappa shape index (κ2) is 4.69. The number of aromatic amines is 1. The molecule has 0 saturated heterocycles. The van der Waals surface area contributed by atoms with Gasteiger partial charge in [0.25, 0.3) is 5.95 Å². The Bertz CT molecular complexity index is 816. The molecule has 3 rings (SSSR count). The van der Waals surface area contributed by atoms with E-state index in [-0.39, 0.29) is 0 Å². The molecule has 0 atom stereocenters. The van der Waals surface area contributed by atoms with Gasteiger partial charge in [0.15, 0.2) is 0 Å². The Kier molecular flexibility index (Phi) is 2.88. The van der Waals surface area contributed by atoms with E-state index in [0.717, 1.165) is 16.5 Å². The number of aliphatic imine (C=N–C) groups is 1. The first-order valence-electron chi connectivity index (χ1n) is 5.62. The number of aryl methyl sites for hydroxylation is 1. The van der Waals surface area contributed by atoms with Gasteiger partial charge in [-0.2, -0.15) is 4.80 Å². The molecular formula is C12H10N6S. The smallest absolute Gasteiger partial charge is 0.289 e. The second-order valence-corrected chi connectivity index (χ2v) is 4.39. The number of pyridine rings is 1. The number of benzene rings is 1. The van der Waals surface area contributed by atoms with Gasteiger partial charge in [-0.25, -0.2) is 4.99 Å². The van der Waals surface area contributed by atoms with E-state index >= 15 is 0 Å². The summed E-state index contributed by atoms with van der Waals surface area (Å²) >= 11 is 5.29. The van der Waals surface area contributed by atoms with Crippen LogP contribution < -0.4 is 0 Å². The number of aromatic nitrogens is 5. The predicted molar refractivity (Wildman–Crippen MR) is 75.2 cm³/mol. The summed E-state index contributed by atoms with van der Waals surface area (Å²) in [4.78, 5) is 8.66. The van der Waals surface area contributed by atoms with Crippen LogP contribution in [0.25, 0.3) is 10.9 Å². The van der Waals surface area contributed by atoms with Crippen molar-refractivity contribution in [2.24, 2.45) is 12.0 Å². The Labute approximate surface area is 113 Å². The Balaban J connectivity index is 2.03. The number of nitrogens with one attached hydrogen (secondary N) is 1. The van der Waals surface area contributed by atoms with E-state index < -0.39 is 0 Å². The van der Waals surface area contributed by atoms with Crippen molar-refractivity contribution in [1.29, 1.82) is 0 Å². The van der Waals surface area contributed by atoms with E-state index in [1.807, 2.05) is 30.3 Å². The van der Waals surface area contributed by atoms with E-state index in [2.05, 4.69) is 25.4 Å². The van der Waals surface area contributed by atoms with Gasteiger partial charge >= 0.3 is 0 Å². The van der Waals surface area contributed by atoms with E-state index in [1.165, 1.54) is 4.80 Å². The third-order valence-corrected chi connectivity index (χ3v) is 2.94. The first-order valence-corrected chi connectivity index (χ1v) is 6.03. The highest BCUT2D eigenvalue weighted by atomic mass is 32.1. The molecule has 0 amide bonds. The van der Waals surface area contributed by atoms with Gasteiger partial charge in [0.1, 0.15) is 4.64 Å². The molecule has 0 aliphatic heterocycles. The topological polar surface area (TPSA) is 71.8 Å². The molecular weight excluding hydrogens is 260 g/mol. The highest BCUT2D eigenvalue weighted by Gasteiger charge is 1.99. The summed E-state index contributed by atoms with van der Waals surface area (Å²) in [5.41, 5.74) is 1.82. The van der Waals surface area contributed by atoms with Crippen molar-refractivity contribution in [2.75, 3.05) is 0 Å². The summed E-state index contributed by atoms with van der Waals surface area (Å²) in [6.45, 7) is 0. The van der Waals surface area contributed by atoms with Gasteiger partial charge in [-0.05, 0) is 22.7 Å². The first-order chi connectivity index (χ1) is 9.22. The average Bonchev–Trinajstić information content (AvgIpc) is 2.82. The fourth-order valence-electron chi connectivity index (χ4n) is 1.71. The normalized spacial score (nSPS) is 11.4. The summed E-state index contributed by atoms with van der Waals surface area (Å²) in [7, 11) is 1.69. The number of tetrazole rings is 1. The number of H-pyrrole nitrogens is 1. The summed E-state index contributed by atoms with van der Waals surface area (Å²) in [6, 6.07) is 9.91. The Morgan fingerprint density at radius 3 is 3.00 bits per heavy atom. The fraction of sp³-hybridized carbons (Fsp3) is 0.0833. The molecule has 19 heavy (non-hydrogen) atoms. The van der Waals surface area contributed by atoms with Crippen LogP contribution in [-0.4, -0.2) is 31.4 Å². The highest BCUT2D eigenvalue weighted by molar-refractivity contribution is 7.71. The number of hydrogen-bond donors (Lipinski definition) is 1. The molecule has 94 valence electrons. The molecule has 2 heterocycles. The zero-order valence-electron chi connectivity index (χ0n) is 10.1. The van der Waals surface area contributed by atoms with Gasteiger partial charge in [-0.1, -0.05) is 35.5 Å². The zero-order valence-corrected chi connectivity index (χ0v) is 10.9. The van der Waals surface area contributed by atoms with Crippen molar-refractivity contribution >= 4 is 35.3 Å². The highest BCUT2D eigenvalue weighted by Crippen LogP contribution is 2.13. The van der Waals surface area contributed by atoms with Crippen molar-refractivity contribution in [3.8, 4) is 0 Å². The molecule has 0 aliphatic carbocycles.